The van der Waals surface area contributed by atoms with Gasteiger partial charge < -0.3 is 25.8 Å². The third-order valence-electron chi connectivity index (χ3n) is 3.88. The lowest BCUT2D eigenvalue weighted by molar-refractivity contribution is -0.136. The second-order valence-electron chi connectivity index (χ2n) is 5.60. The van der Waals surface area contributed by atoms with Crippen molar-refractivity contribution in [1.82, 2.24) is 10.6 Å². The predicted molar refractivity (Wildman–Crippen MR) is 82.7 cm³/mol. The van der Waals surface area contributed by atoms with Gasteiger partial charge in [-0.05, 0) is 18.9 Å². The minimum absolute atomic E-state index is 0.0476. The number of hydrogen-bond acceptors (Lipinski definition) is 5. The van der Waals surface area contributed by atoms with E-state index in [0.29, 0.717) is 13.0 Å². The quantitative estimate of drug-likeness (QED) is 0.321. The van der Waals surface area contributed by atoms with E-state index in [1.54, 1.807) is 7.11 Å². The first kappa shape index (κ1) is 17.4. The lowest BCUT2D eigenvalue weighted by atomic mass is 10.1. The molecule has 6 N–H and O–H groups in total. The molecule has 1 saturated heterocycles. The van der Waals surface area contributed by atoms with Gasteiger partial charge >= 0.3 is 0 Å². The molecule has 1 amide bonds. The highest BCUT2D eigenvalue weighted by atomic mass is 19.1. The molecule has 2 rings (SSSR count). The van der Waals surface area contributed by atoms with Crippen LogP contribution in [0.3, 0.4) is 0 Å². The number of rotatable bonds is 8. The van der Waals surface area contributed by atoms with Crippen LogP contribution in [0.4, 0.5) is 4.39 Å². The monoisotopic (exact) mass is 327 g/mol. The van der Waals surface area contributed by atoms with Crippen LogP contribution in [0.1, 0.15) is 19.3 Å². The highest BCUT2D eigenvalue weighted by molar-refractivity contribution is 5.84. The normalized spacial score (nSPS) is 25.3. The van der Waals surface area contributed by atoms with Gasteiger partial charge in [-0.15, -0.1) is 0 Å². The van der Waals surface area contributed by atoms with Crippen molar-refractivity contribution < 1.29 is 24.1 Å². The van der Waals surface area contributed by atoms with E-state index in [2.05, 4.69) is 10.6 Å². The Hall–Kier alpha value is -1.93. The molecule has 2 aliphatic rings. The van der Waals surface area contributed by atoms with E-state index in [1.165, 1.54) is 0 Å². The summed E-state index contributed by atoms with van der Waals surface area (Å²) < 4.78 is 24.0. The van der Waals surface area contributed by atoms with Crippen molar-refractivity contribution >= 4 is 11.6 Å². The molecule has 0 aromatic rings. The Morgan fingerprint density at radius 1 is 1.65 bits per heavy atom. The number of nitrogens with two attached hydrogens (primary N) is 2. The number of nitrogens with one attached hydrogen (secondary N) is 2. The van der Waals surface area contributed by atoms with Crippen molar-refractivity contribution in [3.8, 4) is 0 Å². The molecule has 1 unspecified atom stereocenters. The molecule has 7 nitrogen and oxygen atoms in total. The number of methoxy groups -OCH3 is 1. The molecule has 0 saturated carbocycles. The van der Waals surface area contributed by atoms with Gasteiger partial charge in [-0.25, -0.2) is 4.39 Å². The largest absolute Gasteiger partial charge is 0.501 e. The van der Waals surface area contributed by atoms with Crippen molar-refractivity contribution in [1.29, 1.82) is 0 Å². The Balaban J connectivity index is 1.98. The standard InChI is InChI=1S/C15H23FN4O3/c1-22-10-4-2-3-9(5-10)20-15(12(17)7-16)23-11-6-13(14(18)21)19-8-11/h3,5,11,13,15,17,19-20H,2,4,6-8H2,1H3,(H2,18,21)/p+1/t11-,13+,15?/m1/s1. The van der Waals surface area contributed by atoms with Gasteiger partial charge in [0, 0.05) is 18.7 Å². The zero-order valence-corrected chi connectivity index (χ0v) is 13.2. The fourth-order valence-corrected chi connectivity index (χ4v) is 2.59. The third-order valence-corrected chi connectivity index (χ3v) is 3.88. The predicted octanol–water partition coefficient (Wildman–Crippen LogP) is -1.49. The van der Waals surface area contributed by atoms with Crippen LogP contribution in [0.5, 0.6) is 0 Å². The van der Waals surface area contributed by atoms with Gasteiger partial charge in [0.2, 0.25) is 17.8 Å². The number of halogens is 1. The van der Waals surface area contributed by atoms with Gasteiger partial charge in [0.15, 0.2) is 6.67 Å². The zero-order chi connectivity index (χ0) is 16.8. The number of hydrogen-bond donors (Lipinski definition) is 4. The number of alkyl halides is 1. The number of allylic oxidation sites excluding steroid dienone is 3. The topological polar surface area (TPSA) is 111 Å². The maximum absolute atomic E-state index is 13.0. The molecule has 1 aliphatic carbocycles. The summed E-state index contributed by atoms with van der Waals surface area (Å²) in [6, 6.07) is -0.430. The molecule has 1 aliphatic heterocycles. The summed E-state index contributed by atoms with van der Waals surface area (Å²) in [6.07, 6.45) is 4.84. The Labute approximate surface area is 134 Å². The van der Waals surface area contributed by atoms with Crippen molar-refractivity contribution in [2.45, 2.75) is 37.6 Å². The molecule has 3 atom stereocenters. The molecule has 0 aromatic carbocycles. The average molecular weight is 327 g/mol. The smallest absolute Gasteiger partial charge is 0.234 e. The maximum atomic E-state index is 13.0. The molecule has 8 heteroatoms. The summed E-state index contributed by atoms with van der Waals surface area (Å²) in [5, 5.41) is 11.8. The van der Waals surface area contributed by atoms with Crippen molar-refractivity contribution in [2.75, 3.05) is 20.3 Å². The molecule has 128 valence electrons. The zero-order valence-electron chi connectivity index (χ0n) is 13.2. The highest BCUT2D eigenvalue weighted by Crippen LogP contribution is 2.18. The van der Waals surface area contributed by atoms with E-state index >= 15 is 0 Å². The fraction of sp³-hybridized carbons (Fsp3) is 0.600. The first-order valence-corrected chi connectivity index (χ1v) is 7.60. The summed E-state index contributed by atoms with van der Waals surface area (Å²) in [7, 11) is 1.61. The fourth-order valence-electron chi connectivity index (χ4n) is 2.59. The van der Waals surface area contributed by atoms with Crippen LogP contribution >= 0.6 is 0 Å². The minimum Gasteiger partial charge on any atom is -0.501 e. The van der Waals surface area contributed by atoms with Gasteiger partial charge in [-0.3, -0.25) is 10.2 Å². The molecule has 1 heterocycles. The molecular weight excluding hydrogens is 303 g/mol. The van der Waals surface area contributed by atoms with Gasteiger partial charge in [-0.1, -0.05) is 6.08 Å². The molecule has 23 heavy (non-hydrogen) atoms. The molecule has 0 radical (unpaired) electrons. The summed E-state index contributed by atoms with van der Waals surface area (Å²) in [5.41, 5.74) is 6.08. The number of primary amides is 1. The maximum Gasteiger partial charge on any atom is 0.234 e. The molecule has 0 spiro atoms. The van der Waals surface area contributed by atoms with Crippen LogP contribution in [-0.4, -0.2) is 50.3 Å². The SMILES string of the molecule is COC1=CC(NC(O[C@H]2CN[C@H](C(N)=O)C2)C(=[NH2+])CF)=CCC1. The molecule has 0 bridgehead atoms. The Kier molecular flexibility index (Phi) is 6.12. The summed E-state index contributed by atoms with van der Waals surface area (Å²) in [6.45, 7) is -0.339. The van der Waals surface area contributed by atoms with Crippen LogP contribution in [0, 0.1) is 0 Å². The Bertz CT molecular complexity index is 521. The van der Waals surface area contributed by atoms with E-state index in [4.69, 9.17) is 20.6 Å². The van der Waals surface area contributed by atoms with Crippen molar-refractivity contribution in [3.63, 3.8) is 0 Å². The van der Waals surface area contributed by atoms with E-state index in [9.17, 15) is 9.18 Å². The number of ether oxygens (including phenoxy) is 2. The summed E-state index contributed by atoms with van der Waals surface area (Å²) in [5.74, 6) is 0.412. The molecule has 1 fully saturated rings. The second kappa shape index (κ2) is 8.07. The van der Waals surface area contributed by atoms with E-state index in [1.807, 2.05) is 12.2 Å². The van der Waals surface area contributed by atoms with Crippen LogP contribution in [0.15, 0.2) is 23.6 Å². The van der Waals surface area contributed by atoms with Crippen LogP contribution in [0.25, 0.3) is 0 Å². The first-order valence-electron chi connectivity index (χ1n) is 7.60. The number of carbonyl (C=O) groups excluding carboxylic acids is 1. The van der Waals surface area contributed by atoms with Gasteiger partial charge in [-0.2, -0.15) is 0 Å². The molecule has 0 aromatic heterocycles. The van der Waals surface area contributed by atoms with Crippen LogP contribution in [-0.2, 0) is 14.3 Å². The van der Waals surface area contributed by atoms with E-state index in [-0.39, 0.29) is 11.8 Å². The minimum atomic E-state index is -0.800. The lowest BCUT2D eigenvalue weighted by Crippen LogP contribution is -2.55. The highest BCUT2D eigenvalue weighted by Gasteiger charge is 2.32. The van der Waals surface area contributed by atoms with E-state index < -0.39 is 24.9 Å². The van der Waals surface area contributed by atoms with Crippen molar-refractivity contribution in [3.05, 3.63) is 23.6 Å². The van der Waals surface area contributed by atoms with Gasteiger partial charge in [0.05, 0.1) is 25.0 Å². The van der Waals surface area contributed by atoms with Crippen LogP contribution in [0.2, 0.25) is 0 Å². The van der Waals surface area contributed by atoms with Crippen LogP contribution < -0.4 is 21.8 Å². The number of amides is 1. The third kappa shape index (κ3) is 4.77. The summed E-state index contributed by atoms with van der Waals surface area (Å²) >= 11 is 0. The van der Waals surface area contributed by atoms with Crippen molar-refractivity contribution in [2.24, 2.45) is 5.73 Å². The molecular formula is C15H24FN4O3+. The summed E-state index contributed by atoms with van der Waals surface area (Å²) in [4.78, 5) is 11.2. The van der Waals surface area contributed by atoms with Gasteiger partial charge in [0.1, 0.15) is 0 Å². The Morgan fingerprint density at radius 2 is 2.43 bits per heavy atom. The van der Waals surface area contributed by atoms with Gasteiger partial charge in [0.25, 0.3) is 0 Å². The Morgan fingerprint density at radius 3 is 3.04 bits per heavy atom. The lowest BCUT2D eigenvalue weighted by Gasteiger charge is -2.23. The second-order valence-corrected chi connectivity index (χ2v) is 5.60. The van der Waals surface area contributed by atoms with E-state index in [0.717, 1.165) is 24.3 Å². The average Bonchev–Trinajstić information content (AvgIpc) is 3.02. The number of carbonyl (C=O) groups is 1. The first-order chi connectivity index (χ1) is 11.0.